The number of piperidine rings is 1. The van der Waals surface area contributed by atoms with E-state index in [1.54, 1.807) is 18.2 Å². The number of fused-ring (bicyclic) bond motifs is 1. The summed E-state index contributed by atoms with van der Waals surface area (Å²) >= 11 is 1.07. The predicted octanol–water partition coefficient (Wildman–Crippen LogP) is 2.00. The van der Waals surface area contributed by atoms with E-state index in [0.717, 1.165) is 24.2 Å². The van der Waals surface area contributed by atoms with Gasteiger partial charge >= 0.3 is 5.97 Å². The molecule has 1 atom stereocenters. The third kappa shape index (κ3) is 3.48. The smallest absolute Gasteiger partial charge is 0.338 e. The molecule has 2 aromatic heterocycles. The highest BCUT2D eigenvalue weighted by Crippen LogP contribution is 2.26. The number of benzene rings is 1. The lowest BCUT2D eigenvalue weighted by Crippen LogP contribution is -2.45. The first-order chi connectivity index (χ1) is 14.0. The number of carbonyl (C=O) groups is 1. The molecule has 1 aromatic carbocycles. The van der Waals surface area contributed by atoms with Crippen molar-refractivity contribution in [2.75, 3.05) is 18.0 Å². The first-order valence-corrected chi connectivity index (χ1v) is 10.1. The number of hydrogen-bond donors (Lipinski definition) is 2. The SMILES string of the molecule is N#Cc1ccccc1Cn1c(N2CCCC(N)C2)nc2c(C(=O)O)csc2c1=O. The Bertz CT molecular complexity index is 1190. The second kappa shape index (κ2) is 7.66. The van der Waals surface area contributed by atoms with Gasteiger partial charge in [-0.05, 0) is 24.5 Å². The lowest BCUT2D eigenvalue weighted by molar-refractivity contribution is 0.0699. The van der Waals surface area contributed by atoms with Crippen LogP contribution >= 0.6 is 11.3 Å². The van der Waals surface area contributed by atoms with E-state index in [9.17, 15) is 20.0 Å². The molecule has 3 aromatic rings. The summed E-state index contributed by atoms with van der Waals surface area (Å²) in [7, 11) is 0. The third-order valence-electron chi connectivity index (χ3n) is 5.09. The number of aromatic carboxylic acids is 1. The molecule has 0 radical (unpaired) electrons. The summed E-state index contributed by atoms with van der Waals surface area (Å²) in [5.74, 6) is -0.719. The molecular formula is C20H19N5O3S. The maximum absolute atomic E-state index is 13.3. The number of nitrogens with zero attached hydrogens (tertiary/aromatic N) is 4. The molecule has 1 saturated heterocycles. The number of nitrogens with two attached hydrogens (primary N) is 1. The Balaban J connectivity index is 1.92. The van der Waals surface area contributed by atoms with Gasteiger partial charge < -0.3 is 15.7 Å². The van der Waals surface area contributed by atoms with Crippen LogP contribution < -0.4 is 16.2 Å². The normalized spacial score (nSPS) is 16.7. The molecule has 9 heteroatoms. The minimum Gasteiger partial charge on any atom is -0.478 e. The summed E-state index contributed by atoms with van der Waals surface area (Å²) in [4.78, 5) is 31.4. The van der Waals surface area contributed by atoms with Crippen LogP contribution in [0.15, 0.2) is 34.4 Å². The van der Waals surface area contributed by atoms with Gasteiger partial charge in [0.15, 0.2) is 0 Å². The molecule has 3 N–H and O–H groups in total. The second-order valence-electron chi connectivity index (χ2n) is 7.05. The summed E-state index contributed by atoms with van der Waals surface area (Å²) in [6.07, 6.45) is 1.75. The zero-order valence-corrected chi connectivity index (χ0v) is 16.4. The highest BCUT2D eigenvalue weighted by Gasteiger charge is 2.25. The van der Waals surface area contributed by atoms with Gasteiger partial charge in [0.25, 0.3) is 5.56 Å². The van der Waals surface area contributed by atoms with E-state index in [1.807, 2.05) is 11.0 Å². The topological polar surface area (TPSA) is 125 Å². The van der Waals surface area contributed by atoms with Gasteiger partial charge in [-0.1, -0.05) is 18.2 Å². The molecule has 1 fully saturated rings. The number of carboxylic acids is 1. The van der Waals surface area contributed by atoms with Gasteiger partial charge in [-0.15, -0.1) is 11.3 Å². The Labute approximate surface area is 170 Å². The highest BCUT2D eigenvalue weighted by atomic mass is 32.1. The average Bonchev–Trinajstić information content (AvgIpc) is 3.15. The summed E-state index contributed by atoms with van der Waals surface area (Å²) < 4.78 is 1.82. The third-order valence-corrected chi connectivity index (χ3v) is 6.05. The molecule has 1 aliphatic rings. The summed E-state index contributed by atoms with van der Waals surface area (Å²) in [6.45, 7) is 1.38. The maximum Gasteiger partial charge on any atom is 0.338 e. The Morgan fingerprint density at radius 2 is 2.21 bits per heavy atom. The summed E-state index contributed by atoms with van der Waals surface area (Å²) in [6, 6.07) is 9.21. The Morgan fingerprint density at radius 1 is 1.41 bits per heavy atom. The second-order valence-corrected chi connectivity index (χ2v) is 7.93. The largest absolute Gasteiger partial charge is 0.478 e. The van der Waals surface area contributed by atoms with Gasteiger partial charge in [-0.2, -0.15) is 5.26 Å². The standard InChI is InChI=1S/C20H19N5O3S/c21-8-12-4-1-2-5-13(12)9-25-18(26)17-16(15(11-29-17)19(27)28)23-20(25)24-7-3-6-14(22)10-24/h1-2,4-5,11,14H,3,6-7,9-10,22H2,(H,27,28). The van der Waals surface area contributed by atoms with Crippen molar-refractivity contribution in [3.63, 3.8) is 0 Å². The highest BCUT2D eigenvalue weighted by molar-refractivity contribution is 7.17. The number of thiophene rings is 1. The van der Waals surface area contributed by atoms with E-state index in [2.05, 4.69) is 11.1 Å². The molecule has 0 saturated carbocycles. The van der Waals surface area contributed by atoms with E-state index < -0.39 is 5.97 Å². The van der Waals surface area contributed by atoms with Gasteiger partial charge in [0, 0.05) is 24.5 Å². The van der Waals surface area contributed by atoms with Crippen molar-refractivity contribution in [3.05, 3.63) is 56.7 Å². The van der Waals surface area contributed by atoms with Gasteiger partial charge in [0.05, 0.1) is 23.7 Å². The monoisotopic (exact) mass is 409 g/mol. The summed E-state index contributed by atoms with van der Waals surface area (Å²) in [5.41, 5.74) is 7.23. The van der Waals surface area contributed by atoms with Crippen molar-refractivity contribution in [3.8, 4) is 6.07 Å². The van der Waals surface area contributed by atoms with Crippen molar-refractivity contribution in [1.82, 2.24) is 9.55 Å². The zero-order valence-electron chi connectivity index (χ0n) is 15.5. The summed E-state index contributed by atoms with van der Waals surface area (Å²) in [5, 5.41) is 20.3. The molecular weight excluding hydrogens is 390 g/mol. The van der Waals surface area contributed by atoms with E-state index in [1.165, 1.54) is 9.95 Å². The first-order valence-electron chi connectivity index (χ1n) is 9.23. The van der Waals surface area contributed by atoms with Crippen LogP contribution in [-0.4, -0.2) is 39.8 Å². The quantitative estimate of drug-likeness (QED) is 0.675. The zero-order chi connectivity index (χ0) is 20.5. The number of carboxylic acid groups (broad SMARTS) is 1. The molecule has 1 aliphatic heterocycles. The van der Waals surface area contributed by atoms with Crippen LogP contribution in [0.3, 0.4) is 0 Å². The number of nitriles is 1. The van der Waals surface area contributed by atoms with Gasteiger partial charge in [-0.3, -0.25) is 9.36 Å². The van der Waals surface area contributed by atoms with Crippen LogP contribution in [-0.2, 0) is 6.54 Å². The van der Waals surface area contributed by atoms with Crippen molar-refractivity contribution >= 4 is 33.5 Å². The Kier molecular flexibility index (Phi) is 5.05. The van der Waals surface area contributed by atoms with Crippen LogP contribution in [0, 0.1) is 11.3 Å². The van der Waals surface area contributed by atoms with Gasteiger partial charge in [0.2, 0.25) is 5.95 Å². The minimum atomic E-state index is -1.11. The molecule has 148 valence electrons. The molecule has 4 rings (SSSR count). The minimum absolute atomic E-state index is 0.0224. The van der Waals surface area contributed by atoms with E-state index in [-0.39, 0.29) is 29.2 Å². The van der Waals surface area contributed by atoms with Gasteiger partial charge in [0.1, 0.15) is 10.2 Å². The fourth-order valence-corrected chi connectivity index (χ4v) is 4.58. The molecule has 0 bridgehead atoms. The fourth-order valence-electron chi connectivity index (χ4n) is 3.65. The predicted molar refractivity (Wildman–Crippen MR) is 111 cm³/mol. The molecule has 1 unspecified atom stereocenters. The lowest BCUT2D eigenvalue weighted by Gasteiger charge is -2.33. The number of anilines is 1. The number of hydrogen-bond acceptors (Lipinski definition) is 7. The van der Waals surface area contributed by atoms with E-state index in [4.69, 9.17) is 5.73 Å². The van der Waals surface area contributed by atoms with Crippen LogP contribution in [0.25, 0.3) is 10.2 Å². The number of rotatable bonds is 4. The maximum atomic E-state index is 13.3. The Morgan fingerprint density at radius 3 is 2.93 bits per heavy atom. The molecule has 8 nitrogen and oxygen atoms in total. The van der Waals surface area contributed by atoms with Crippen molar-refractivity contribution in [1.29, 1.82) is 5.26 Å². The Hall–Kier alpha value is -3.22. The first kappa shape index (κ1) is 19.1. The van der Waals surface area contributed by atoms with Crippen molar-refractivity contribution in [2.45, 2.75) is 25.4 Å². The molecule has 0 spiro atoms. The lowest BCUT2D eigenvalue weighted by atomic mass is 10.1. The number of aromatic nitrogens is 2. The van der Waals surface area contributed by atoms with Crippen LogP contribution in [0.4, 0.5) is 5.95 Å². The average molecular weight is 409 g/mol. The van der Waals surface area contributed by atoms with Gasteiger partial charge in [-0.25, -0.2) is 9.78 Å². The van der Waals surface area contributed by atoms with Crippen LogP contribution in [0.1, 0.15) is 34.3 Å². The molecule has 29 heavy (non-hydrogen) atoms. The molecule has 0 amide bonds. The fraction of sp³-hybridized carbons (Fsp3) is 0.300. The van der Waals surface area contributed by atoms with Crippen molar-refractivity contribution < 1.29 is 9.90 Å². The van der Waals surface area contributed by atoms with Crippen LogP contribution in [0.5, 0.6) is 0 Å². The van der Waals surface area contributed by atoms with Crippen molar-refractivity contribution in [2.24, 2.45) is 5.73 Å². The van der Waals surface area contributed by atoms with E-state index >= 15 is 0 Å². The molecule has 0 aliphatic carbocycles. The van der Waals surface area contributed by atoms with Crippen LogP contribution in [0.2, 0.25) is 0 Å². The molecule has 3 heterocycles. The van der Waals surface area contributed by atoms with E-state index in [0.29, 0.717) is 34.9 Å².